The van der Waals surface area contributed by atoms with Crippen LogP contribution in [0.4, 0.5) is 0 Å². The van der Waals surface area contributed by atoms with Crippen molar-refractivity contribution in [3.8, 4) is 0 Å². The molecule has 0 bridgehead atoms. The largest absolute Gasteiger partial charge is 0.378 e. The third kappa shape index (κ3) is 5.76. The van der Waals surface area contributed by atoms with Crippen LogP contribution >= 0.6 is 0 Å². The zero-order chi connectivity index (χ0) is 16.7. The highest BCUT2D eigenvalue weighted by molar-refractivity contribution is 4.84. The van der Waals surface area contributed by atoms with Crippen LogP contribution in [0, 0.1) is 29.6 Å². The van der Waals surface area contributed by atoms with Gasteiger partial charge in [0.2, 0.25) is 0 Å². The van der Waals surface area contributed by atoms with Crippen LogP contribution < -0.4 is 0 Å². The summed E-state index contributed by atoms with van der Waals surface area (Å²) in [5, 5.41) is 0. The van der Waals surface area contributed by atoms with Crippen molar-refractivity contribution < 1.29 is 4.74 Å². The molecule has 136 valence electrons. The van der Waals surface area contributed by atoms with Gasteiger partial charge < -0.3 is 4.74 Å². The first kappa shape index (κ1) is 19.3. The summed E-state index contributed by atoms with van der Waals surface area (Å²) < 4.78 is 6.09. The van der Waals surface area contributed by atoms with Gasteiger partial charge in [0.05, 0.1) is 6.10 Å². The molecule has 1 nitrogen and oxygen atoms in total. The second kappa shape index (κ2) is 10.1. The van der Waals surface area contributed by atoms with Gasteiger partial charge in [-0.3, -0.25) is 0 Å². The lowest BCUT2D eigenvalue weighted by molar-refractivity contribution is -0.0429. The Bertz CT molecular complexity index is 305. The lowest BCUT2D eigenvalue weighted by Gasteiger charge is -2.40. The Morgan fingerprint density at radius 3 is 1.96 bits per heavy atom. The highest BCUT2D eigenvalue weighted by Gasteiger charge is 2.34. The normalized spacial score (nSPS) is 38.6. The molecule has 23 heavy (non-hydrogen) atoms. The molecule has 0 amide bonds. The number of rotatable bonds is 8. The maximum Gasteiger partial charge on any atom is 0.0603 e. The van der Waals surface area contributed by atoms with Gasteiger partial charge in [-0.05, 0) is 55.3 Å². The first-order chi connectivity index (χ1) is 11.2. The van der Waals surface area contributed by atoms with Gasteiger partial charge in [-0.2, -0.15) is 0 Å². The first-order valence-electron chi connectivity index (χ1n) is 10.8. The molecule has 0 aromatic heterocycles. The Hall–Kier alpha value is -0.0400. The van der Waals surface area contributed by atoms with E-state index in [4.69, 9.17) is 4.74 Å². The smallest absolute Gasteiger partial charge is 0.0603 e. The van der Waals surface area contributed by atoms with Crippen LogP contribution in [-0.4, -0.2) is 12.7 Å². The molecule has 2 fully saturated rings. The standard InChI is InChI=1S/C22H42O/c1-5-7-19-8-10-20(11-9-19)12-13-21-14-15-22(23-16-6-2)18(4)17(21)3/h17-22H,5-16H2,1-4H3. The fraction of sp³-hybridized carbons (Fsp3) is 1.00. The summed E-state index contributed by atoms with van der Waals surface area (Å²) in [5.41, 5.74) is 0. The third-order valence-corrected chi connectivity index (χ3v) is 7.13. The average Bonchev–Trinajstić information content (AvgIpc) is 2.57. The summed E-state index contributed by atoms with van der Waals surface area (Å²) in [6, 6.07) is 0. The van der Waals surface area contributed by atoms with E-state index in [2.05, 4.69) is 27.7 Å². The number of ether oxygens (including phenoxy) is 1. The van der Waals surface area contributed by atoms with Crippen LogP contribution in [-0.2, 0) is 4.74 Å². The Labute approximate surface area is 146 Å². The molecule has 4 atom stereocenters. The molecule has 0 aliphatic heterocycles. The summed E-state index contributed by atoms with van der Waals surface area (Å²) in [5.74, 6) is 4.66. The molecular formula is C22H42O. The minimum absolute atomic E-state index is 0.533. The van der Waals surface area contributed by atoms with E-state index in [1.165, 1.54) is 64.2 Å². The Kier molecular flexibility index (Phi) is 8.44. The summed E-state index contributed by atoms with van der Waals surface area (Å²) in [7, 11) is 0. The van der Waals surface area contributed by atoms with Crippen molar-refractivity contribution in [1.29, 1.82) is 0 Å². The van der Waals surface area contributed by atoms with Gasteiger partial charge in [0.1, 0.15) is 0 Å². The van der Waals surface area contributed by atoms with Crippen molar-refractivity contribution in [1.82, 2.24) is 0 Å². The Balaban J connectivity index is 1.68. The van der Waals surface area contributed by atoms with Crippen LogP contribution in [0.15, 0.2) is 0 Å². The molecule has 1 heteroatoms. The van der Waals surface area contributed by atoms with Crippen molar-refractivity contribution >= 4 is 0 Å². The van der Waals surface area contributed by atoms with Crippen LogP contribution in [0.1, 0.15) is 98.3 Å². The summed E-state index contributed by atoms with van der Waals surface area (Å²) in [6.07, 6.45) is 16.3. The van der Waals surface area contributed by atoms with E-state index >= 15 is 0 Å². The van der Waals surface area contributed by atoms with Crippen LogP contribution in [0.2, 0.25) is 0 Å². The zero-order valence-electron chi connectivity index (χ0n) is 16.4. The molecule has 0 aromatic carbocycles. The molecule has 0 aromatic rings. The van der Waals surface area contributed by atoms with Crippen molar-refractivity contribution in [3.05, 3.63) is 0 Å². The number of hydrogen-bond donors (Lipinski definition) is 0. The lowest BCUT2D eigenvalue weighted by Crippen LogP contribution is -2.37. The molecule has 2 aliphatic carbocycles. The maximum atomic E-state index is 6.09. The van der Waals surface area contributed by atoms with Crippen LogP contribution in [0.3, 0.4) is 0 Å². The van der Waals surface area contributed by atoms with E-state index in [1.807, 2.05) is 0 Å². The van der Waals surface area contributed by atoms with E-state index in [0.29, 0.717) is 6.10 Å². The predicted octanol–water partition coefficient (Wildman–Crippen LogP) is 6.85. The lowest BCUT2D eigenvalue weighted by atomic mass is 9.69. The van der Waals surface area contributed by atoms with E-state index in [-0.39, 0.29) is 0 Å². The highest BCUT2D eigenvalue weighted by Crippen LogP contribution is 2.41. The highest BCUT2D eigenvalue weighted by atomic mass is 16.5. The molecule has 0 heterocycles. The van der Waals surface area contributed by atoms with Gasteiger partial charge in [0.15, 0.2) is 0 Å². The minimum Gasteiger partial charge on any atom is -0.378 e. The molecule has 2 rings (SSSR count). The van der Waals surface area contributed by atoms with Crippen molar-refractivity contribution in [2.24, 2.45) is 29.6 Å². The predicted molar refractivity (Wildman–Crippen MR) is 101 cm³/mol. The minimum atomic E-state index is 0.533. The van der Waals surface area contributed by atoms with Crippen molar-refractivity contribution in [2.75, 3.05) is 6.61 Å². The first-order valence-corrected chi connectivity index (χ1v) is 10.8. The van der Waals surface area contributed by atoms with Crippen molar-refractivity contribution in [3.63, 3.8) is 0 Å². The average molecular weight is 323 g/mol. The monoisotopic (exact) mass is 322 g/mol. The van der Waals surface area contributed by atoms with Gasteiger partial charge in [0, 0.05) is 6.61 Å². The van der Waals surface area contributed by atoms with Gasteiger partial charge in [-0.15, -0.1) is 0 Å². The topological polar surface area (TPSA) is 9.23 Å². The van der Waals surface area contributed by atoms with E-state index in [0.717, 1.165) is 42.6 Å². The molecule has 4 unspecified atom stereocenters. The summed E-state index contributed by atoms with van der Waals surface area (Å²) in [6.45, 7) is 10.4. The Morgan fingerprint density at radius 2 is 1.35 bits per heavy atom. The fourth-order valence-electron chi connectivity index (χ4n) is 5.25. The second-order valence-corrected chi connectivity index (χ2v) is 8.72. The van der Waals surface area contributed by atoms with Crippen LogP contribution in [0.5, 0.6) is 0 Å². The molecular weight excluding hydrogens is 280 g/mol. The van der Waals surface area contributed by atoms with E-state index in [9.17, 15) is 0 Å². The van der Waals surface area contributed by atoms with Crippen LogP contribution in [0.25, 0.3) is 0 Å². The quantitative estimate of drug-likeness (QED) is 0.475. The van der Waals surface area contributed by atoms with Gasteiger partial charge in [-0.1, -0.05) is 72.6 Å². The Morgan fingerprint density at radius 1 is 0.696 bits per heavy atom. The summed E-state index contributed by atoms with van der Waals surface area (Å²) >= 11 is 0. The summed E-state index contributed by atoms with van der Waals surface area (Å²) in [4.78, 5) is 0. The maximum absolute atomic E-state index is 6.09. The third-order valence-electron chi connectivity index (χ3n) is 7.13. The fourth-order valence-corrected chi connectivity index (χ4v) is 5.25. The molecule has 0 radical (unpaired) electrons. The van der Waals surface area contributed by atoms with Gasteiger partial charge in [-0.25, -0.2) is 0 Å². The van der Waals surface area contributed by atoms with Gasteiger partial charge in [0.25, 0.3) is 0 Å². The zero-order valence-corrected chi connectivity index (χ0v) is 16.4. The van der Waals surface area contributed by atoms with Gasteiger partial charge >= 0.3 is 0 Å². The van der Waals surface area contributed by atoms with Crippen molar-refractivity contribution in [2.45, 2.75) is 104 Å². The second-order valence-electron chi connectivity index (χ2n) is 8.72. The number of hydrogen-bond acceptors (Lipinski definition) is 1. The SMILES string of the molecule is CCCOC1CCC(CCC2CCC(CCC)CC2)C(C)C1C. The molecule has 0 saturated heterocycles. The van der Waals surface area contributed by atoms with E-state index in [1.54, 1.807) is 0 Å². The molecule has 2 aliphatic rings. The van der Waals surface area contributed by atoms with E-state index < -0.39 is 0 Å². The molecule has 2 saturated carbocycles. The molecule has 0 spiro atoms. The molecule has 0 N–H and O–H groups in total.